The summed E-state index contributed by atoms with van der Waals surface area (Å²) in [6, 6.07) is 19.7. The quantitative estimate of drug-likeness (QED) is 0.197. The maximum atomic E-state index is 9.75. The van der Waals surface area contributed by atoms with Gasteiger partial charge in [0.05, 0.1) is 0 Å². The predicted octanol–water partition coefficient (Wildman–Crippen LogP) is 7.36. The Balaban J connectivity index is 0.00000100. The van der Waals surface area contributed by atoms with Crippen molar-refractivity contribution in [1.82, 2.24) is 0 Å². The fourth-order valence-corrected chi connectivity index (χ4v) is 7.40. The number of halogens is 4. The SMILES string of the molecule is CC(C)(C)P(c1ccccc1-c1ccccc1)C(C)(C)C.F[B-](F)(F)F.[Au+]. The van der Waals surface area contributed by atoms with E-state index in [0.717, 1.165) is 0 Å². The Bertz CT molecular complexity index is 672. The van der Waals surface area contributed by atoms with Crippen LogP contribution >= 0.6 is 7.92 Å². The molecule has 0 aliphatic heterocycles. The first kappa shape index (κ1) is 26.4. The third-order valence-corrected chi connectivity index (χ3v) is 7.13. The van der Waals surface area contributed by atoms with Crippen molar-refractivity contribution >= 4 is 20.5 Å². The number of hydrogen-bond acceptors (Lipinski definition) is 0. The molecule has 27 heavy (non-hydrogen) atoms. The zero-order valence-electron chi connectivity index (χ0n) is 16.5. The molecule has 0 aromatic heterocycles. The molecule has 0 saturated heterocycles. The van der Waals surface area contributed by atoms with Crippen LogP contribution in [0.25, 0.3) is 11.1 Å². The van der Waals surface area contributed by atoms with Gasteiger partial charge in [0.25, 0.3) is 0 Å². The maximum absolute atomic E-state index is 9.75. The Morgan fingerprint density at radius 3 is 1.44 bits per heavy atom. The summed E-state index contributed by atoms with van der Waals surface area (Å²) < 4.78 is 39.0. The number of hydrogen-bond donors (Lipinski definition) is 0. The molecule has 0 unspecified atom stereocenters. The summed E-state index contributed by atoms with van der Waals surface area (Å²) in [6.45, 7) is 14.3. The fourth-order valence-electron chi connectivity index (χ4n) is 3.26. The first-order chi connectivity index (χ1) is 11.7. The van der Waals surface area contributed by atoms with Crippen LogP contribution in [-0.4, -0.2) is 17.6 Å². The molecule has 2 aromatic carbocycles. The molecule has 0 fully saturated rings. The second kappa shape index (κ2) is 10.3. The van der Waals surface area contributed by atoms with Gasteiger partial charge in [-0.2, -0.15) is 0 Å². The van der Waals surface area contributed by atoms with Gasteiger partial charge in [0.1, 0.15) is 0 Å². The molecule has 0 heterocycles. The van der Waals surface area contributed by atoms with Gasteiger partial charge in [0, 0.05) is 0 Å². The number of benzene rings is 2. The van der Waals surface area contributed by atoms with E-state index in [0.29, 0.717) is 10.3 Å². The van der Waals surface area contributed by atoms with Crippen molar-refractivity contribution in [2.45, 2.75) is 51.9 Å². The summed E-state index contributed by atoms with van der Waals surface area (Å²) in [4.78, 5) is 0. The molecule has 0 N–H and O–H groups in total. The molecule has 0 aliphatic rings. The molecule has 0 amide bonds. The molecule has 0 radical (unpaired) electrons. The zero-order chi connectivity index (χ0) is 20.2. The third kappa shape index (κ3) is 9.43. The summed E-state index contributed by atoms with van der Waals surface area (Å²) >= 11 is 0. The molecule has 2 rings (SSSR count). The first-order valence-corrected chi connectivity index (χ1v) is 9.87. The van der Waals surface area contributed by atoms with Gasteiger partial charge in [-0.3, -0.25) is 0 Å². The van der Waals surface area contributed by atoms with Gasteiger partial charge >= 0.3 is 29.6 Å². The Morgan fingerprint density at radius 1 is 0.667 bits per heavy atom. The average Bonchev–Trinajstić information content (AvgIpc) is 2.44. The third-order valence-electron chi connectivity index (χ3n) is 3.57. The van der Waals surface area contributed by atoms with Gasteiger partial charge in [0.15, 0.2) is 0 Å². The van der Waals surface area contributed by atoms with Crippen LogP contribution in [0.15, 0.2) is 54.6 Å². The Morgan fingerprint density at radius 2 is 1.04 bits per heavy atom. The van der Waals surface area contributed by atoms with Crippen LogP contribution in [0.2, 0.25) is 0 Å². The van der Waals surface area contributed by atoms with Crippen LogP contribution in [0.3, 0.4) is 0 Å². The van der Waals surface area contributed by atoms with Gasteiger partial charge in [-0.05, 0) is 26.7 Å². The second-order valence-corrected chi connectivity index (χ2v) is 11.9. The summed E-state index contributed by atoms with van der Waals surface area (Å²) in [7, 11) is -6.28. The monoisotopic (exact) mass is 582 g/mol. The Hall–Kier alpha value is -0.605. The minimum atomic E-state index is -6.00. The molecular formula is C20H27AuBF4P. The largest absolute Gasteiger partial charge is 1.00 e. The van der Waals surface area contributed by atoms with E-state index >= 15 is 0 Å². The molecule has 0 saturated carbocycles. The van der Waals surface area contributed by atoms with Crippen molar-refractivity contribution < 1.29 is 39.6 Å². The van der Waals surface area contributed by atoms with Gasteiger partial charge < -0.3 is 17.3 Å². The van der Waals surface area contributed by atoms with E-state index in [4.69, 9.17) is 0 Å². The van der Waals surface area contributed by atoms with Crippen molar-refractivity contribution in [2.24, 2.45) is 0 Å². The fraction of sp³-hybridized carbons (Fsp3) is 0.400. The van der Waals surface area contributed by atoms with Crippen LogP contribution in [0.4, 0.5) is 17.3 Å². The first-order valence-electron chi connectivity index (χ1n) is 8.53. The van der Waals surface area contributed by atoms with E-state index < -0.39 is 7.25 Å². The number of rotatable bonds is 2. The van der Waals surface area contributed by atoms with Gasteiger partial charge in [-0.15, -0.1) is 0 Å². The van der Waals surface area contributed by atoms with Crippen LogP contribution < -0.4 is 5.30 Å². The molecule has 0 atom stereocenters. The van der Waals surface area contributed by atoms with Crippen molar-refractivity contribution in [1.29, 1.82) is 0 Å². The van der Waals surface area contributed by atoms with E-state index in [9.17, 15) is 17.3 Å². The molecule has 0 spiro atoms. The van der Waals surface area contributed by atoms with Crippen LogP contribution in [0, 0.1) is 0 Å². The normalized spacial score (nSPS) is 12.1. The maximum Gasteiger partial charge on any atom is 1.00 e. The molecule has 2 aromatic rings. The van der Waals surface area contributed by atoms with E-state index in [1.54, 1.807) is 0 Å². The van der Waals surface area contributed by atoms with Gasteiger partial charge in [0.2, 0.25) is 0 Å². The Labute approximate surface area is 177 Å². The van der Waals surface area contributed by atoms with Crippen LogP contribution in [0.5, 0.6) is 0 Å². The zero-order valence-corrected chi connectivity index (χ0v) is 19.6. The van der Waals surface area contributed by atoms with E-state index in [2.05, 4.69) is 96.1 Å². The van der Waals surface area contributed by atoms with E-state index in [-0.39, 0.29) is 30.3 Å². The Kier molecular flexibility index (Phi) is 10.0. The summed E-state index contributed by atoms with van der Waals surface area (Å²) in [5, 5.41) is 2.11. The second-order valence-electron chi connectivity index (χ2n) is 8.06. The van der Waals surface area contributed by atoms with Crippen molar-refractivity contribution in [3.63, 3.8) is 0 Å². The van der Waals surface area contributed by atoms with E-state index in [1.807, 2.05) is 0 Å². The standard InChI is InChI=1S/C20H27P.Au.BF4/c1-19(2,3)21(20(4,5)6)18-15-11-10-14-17(18)16-12-8-7-9-13-16;;2-1(3,4)5/h7-15H,1-6H3;;/q;+1;-1. The predicted molar refractivity (Wildman–Crippen MR) is 108 cm³/mol. The summed E-state index contributed by atoms with van der Waals surface area (Å²) in [5.74, 6) is 0. The molecule has 7 heteroatoms. The summed E-state index contributed by atoms with van der Waals surface area (Å²) in [6.07, 6.45) is 0. The van der Waals surface area contributed by atoms with E-state index in [1.165, 1.54) is 16.4 Å². The average molecular weight is 582 g/mol. The molecule has 154 valence electrons. The summed E-state index contributed by atoms with van der Waals surface area (Å²) in [5.41, 5.74) is 2.73. The van der Waals surface area contributed by atoms with Crippen molar-refractivity contribution in [3.05, 3.63) is 54.6 Å². The van der Waals surface area contributed by atoms with Gasteiger partial charge in [-0.25, -0.2) is 0 Å². The van der Waals surface area contributed by atoms with Crippen LogP contribution in [0.1, 0.15) is 41.5 Å². The van der Waals surface area contributed by atoms with Crippen molar-refractivity contribution in [3.8, 4) is 11.1 Å². The minimum absolute atomic E-state index is 0. The van der Waals surface area contributed by atoms with Crippen LogP contribution in [-0.2, 0) is 22.4 Å². The van der Waals surface area contributed by atoms with Crippen molar-refractivity contribution in [2.75, 3.05) is 0 Å². The van der Waals surface area contributed by atoms with Gasteiger partial charge in [-0.1, -0.05) is 104 Å². The molecule has 0 nitrogen and oxygen atoms in total. The molecule has 0 aliphatic carbocycles. The molecular weight excluding hydrogens is 555 g/mol. The topological polar surface area (TPSA) is 0 Å². The molecule has 0 bridgehead atoms. The smallest absolute Gasteiger partial charge is 0.418 e. The minimum Gasteiger partial charge on any atom is -0.418 e.